The number of nitrogens with zero attached hydrogens (tertiary/aromatic N) is 1. The van der Waals surface area contributed by atoms with Gasteiger partial charge in [0.25, 0.3) is 11.8 Å². The first kappa shape index (κ1) is 15.7. The van der Waals surface area contributed by atoms with Gasteiger partial charge in [-0.15, -0.1) is 0 Å². The molecule has 0 bridgehead atoms. The van der Waals surface area contributed by atoms with Crippen molar-refractivity contribution in [2.24, 2.45) is 0 Å². The maximum Gasteiger partial charge on any atom is 0.405 e. The first-order valence-corrected chi connectivity index (χ1v) is 7.48. The van der Waals surface area contributed by atoms with Gasteiger partial charge in [0.1, 0.15) is 0 Å². The molecule has 1 heterocycles. The highest BCUT2D eigenvalue weighted by atomic mass is 16.4. The van der Waals surface area contributed by atoms with Crippen molar-refractivity contribution in [2.45, 2.75) is 13.0 Å². The van der Waals surface area contributed by atoms with Crippen molar-refractivity contribution in [3.8, 4) is 0 Å². The largest absolute Gasteiger partial charge is 0.465 e. The Kier molecular flexibility index (Phi) is 4.04. The van der Waals surface area contributed by atoms with E-state index < -0.39 is 23.9 Å². The Morgan fingerprint density at radius 3 is 2.25 bits per heavy atom. The number of carboxylic acid groups (broad SMARTS) is 1. The van der Waals surface area contributed by atoms with Gasteiger partial charge in [0.15, 0.2) is 0 Å². The van der Waals surface area contributed by atoms with E-state index in [4.69, 9.17) is 5.11 Å². The number of benzene rings is 2. The molecule has 2 aromatic rings. The van der Waals surface area contributed by atoms with Crippen LogP contribution < -0.4 is 5.32 Å². The van der Waals surface area contributed by atoms with Gasteiger partial charge in [-0.25, -0.2) is 4.79 Å². The smallest absolute Gasteiger partial charge is 0.405 e. The van der Waals surface area contributed by atoms with Crippen LogP contribution in [0.15, 0.2) is 48.5 Å². The fraction of sp³-hybridized carbons (Fsp3) is 0.167. The van der Waals surface area contributed by atoms with Crippen molar-refractivity contribution >= 4 is 17.9 Å². The SMILES string of the molecule is Cc1cccc([C@H](CN2C(=O)c3ccccc3C2=O)NC(=O)O)c1. The molecule has 3 rings (SSSR count). The lowest BCUT2D eigenvalue weighted by Crippen LogP contribution is -2.40. The van der Waals surface area contributed by atoms with E-state index in [1.165, 1.54) is 0 Å². The molecule has 24 heavy (non-hydrogen) atoms. The molecule has 6 nitrogen and oxygen atoms in total. The van der Waals surface area contributed by atoms with Crippen LogP contribution in [0.3, 0.4) is 0 Å². The Morgan fingerprint density at radius 2 is 1.71 bits per heavy atom. The fourth-order valence-corrected chi connectivity index (χ4v) is 2.86. The molecule has 2 aromatic carbocycles. The molecule has 0 spiro atoms. The summed E-state index contributed by atoms with van der Waals surface area (Å²) in [6.45, 7) is 1.84. The molecular weight excluding hydrogens is 308 g/mol. The molecule has 1 aliphatic rings. The van der Waals surface area contributed by atoms with E-state index in [2.05, 4.69) is 5.32 Å². The van der Waals surface area contributed by atoms with Crippen LogP contribution in [0.25, 0.3) is 0 Å². The number of hydrogen-bond donors (Lipinski definition) is 2. The fourth-order valence-electron chi connectivity index (χ4n) is 2.86. The van der Waals surface area contributed by atoms with Gasteiger partial charge in [0.2, 0.25) is 0 Å². The van der Waals surface area contributed by atoms with Crippen LogP contribution in [0.1, 0.15) is 37.9 Å². The van der Waals surface area contributed by atoms with Gasteiger partial charge in [-0.1, -0.05) is 42.0 Å². The number of aryl methyl sites for hydroxylation is 1. The zero-order chi connectivity index (χ0) is 17.3. The maximum absolute atomic E-state index is 12.5. The maximum atomic E-state index is 12.5. The van der Waals surface area contributed by atoms with Gasteiger partial charge in [0.05, 0.1) is 23.7 Å². The molecule has 0 unspecified atom stereocenters. The molecule has 1 atom stereocenters. The molecule has 0 radical (unpaired) electrons. The predicted molar refractivity (Wildman–Crippen MR) is 86.9 cm³/mol. The van der Waals surface area contributed by atoms with Gasteiger partial charge in [-0.05, 0) is 24.6 Å². The Labute approximate surface area is 138 Å². The normalized spacial score (nSPS) is 14.5. The zero-order valence-electron chi connectivity index (χ0n) is 13.0. The van der Waals surface area contributed by atoms with Crippen LogP contribution in [0.2, 0.25) is 0 Å². The summed E-state index contributed by atoms with van der Waals surface area (Å²) in [7, 11) is 0. The van der Waals surface area contributed by atoms with Gasteiger partial charge >= 0.3 is 6.09 Å². The van der Waals surface area contributed by atoms with Crippen LogP contribution in [0, 0.1) is 6.92 Å². The van der Waals surface area contributed by atoms with Crippen molar-refractivity contribution in [3.63, 3.8) is 0 Å². The molecule has 0 aliphatic carbocycles. The average molecular weight is 324 g/mol. The Balaban J connectivity index is 1.90. The van der Waals surface area contributed by atoms with Crippen molar-refractivity contribution in [2.75, 3.05) is 6.54 Å². The first-order valence-electron chi connectivity index (χ1n) is 7.48. The van der Waals surface area contributed by atoms with Crippen LogP contribution in [0.5, 0.6) is 0 Å². The molecule has 3 amide bonds. The lowest BCUT2D eigenvalue weighted by molar-refractivity contribution is 0.0636. The third-order valence-corrected chi connectivity index (χ3v) is 3.99. The number of rotatable bonds is 4. The molecule has 6 heteroatoms. The quantitative estimate of drug-likeness (QED) is 0.846. The third kappa shape index (κ3) is 2.86. The number of hydrogen-bond acceptors (Lipinski definition) is 3. The van der Waals surface area contributed by atoms with Crippen molar-refractivity contribution in [1.82, 2.24) is 10.2 Å². The minimum absolute atomic E-state index is 0.0535. The topological polar surface area (TPSA) is 86.7 Å². The summed E-state index contributed by atoms with van der Waals surface area (Å²) in [5.41, 5.74) is 2.36. The van der Waals surface area contributed by atoms with Gasteiger partial charge in [-0.2, -0.15) is 0 Å². The number of fused-ring (bicyclic) bond motifs is 1. The van der Waals surface area contributed by atoms with E-state index in [0.29, 0.717) is 16.7 Å². The molecule has 0 fully saturated rings. The Bertz CT molecular complexity index is 796. The van der Waals surface area contributed by atoms with Gasteiger partial charge < -0.3 is 10.4 Å². The summed E-state index contributed by atoms with van der Waals surface area (Å²) >= 11 is 0. The van der Waals surface area contributed by atoms with Crippen LogP contribution >= 0.6 is 0 Å². The standard InChI is InChI=1S/C18H16N2O4/c1-11-5-4-6-12(9-11)15(19-18(23)24)10-20-16(21)13-7-2-3-8-14(13)17(20)22/h2-9,15,19H,10H2,1H3,(H,23,24)/t15-/m0/s1. The summed E-state index contributed by atoms with van der Waals surface area (Å²) in [5, 5.41) is 11.5. The number of nitrogens with one attached hydrogen (secondary N) is 1. The Morgan fingerprint density at radius 1 is 1.08 bits per heavy atom. The summed E-state index contributed by atoms with van der Waals surface area (Å²) in [6, 6.07) is 13.2. The molecule has 0 aromatic heterocycles. The Hall–Kier alpha value is -3.15. The summed E-state index contributed by atoms with van der Waals surface area (Å²) in [5.74, 6) is -0.805. The second kappa shape index (κ2) is 6.16. The van der Waals surface area contributed by atoms with E-state index >= 15 is 0 Å². The van der Waals surface area contributed by atoms with Crippen molar-refractivity contribution < 1.29 is 19.5 Å². The van der Waals surface area contributed by atoms with Crippen LogP contribution in [-0.4, -0.2) is 34.5 Å². The van der Waals surface area contributed by atoms with E-state index in [1.807, 2.05) is 25.1 Å². The number of carbonyl (C=O) groups is 3. The van der Waals surface area contributed by atoms with E-state index in [1.54, 1.807) is 30.3 Å². The van der Waals surface area contributed by atoms with E-state index in [9.17, 15) is 14.4 Å². The minimum Gasteiger partial charge on any atom is -0.465 e. The molecule has 1 aliphatic heterocycles. The van der Waals surface area contributed by atoms with Gasteiger partial charge in [0, 0.05) is 0 Å². The monoisotopic (exact) mass is 324 g/mol. The highest BCUT2D eigenvalue weighted by Gasteiger charge is 2.36. The number of amides is 3. The lowest BCUT2D eigenvalue weighted by Gasteiger charge is -2.23. The van der Waals surface area contributed by atoms with Crippen molar-refractivity contribution in [3.05, 3.63) is 70.8 Å². The summed E-state index contributed by atoms with van der Waals surface area (Å²) in [4.78, 5) is 37.1. The minimum atomic E-state index is -1.21. The predicted octanol–water partition coefficient (Wildman–Crippen LogP) is 2.60. The second-order valence-corrected chi connectivity index (χ2v) is 5.68. The van der Waals surface area contributed by atoms with Gasteiger partial charge in [-0.3, -0.25) is 14.5 Å². The lowest BCUT2D eigenvalue weighted by atomic mass is 10.0. The first-order chi connectivity index (χ1) is 11.5. The summed E-state index contributed by atoms with van der Waals surface area (Å²) < 4.78 is 0. The second-order valence-electron chi connectivity index (χ2n) is 5.68. The molecule has 0 saturated carbocycles. The van der Waals surface area contributed by atoms with E-state index in [-0.39, 0.29) is 6.54 Å². The molecule has 122 valence electrons. The molecular formula is C18H16N2O4. The number of imide groups is 1. The van der Waals surface area contributed by atoms with E-state index in [0.717, 1.165) is 10.5 Å². The number of carbonyl (C=O) groups excluding carboxylic acids is 2. The van der Waals surface area contributed by atoms with Crippen molar-refractivity contribution in [1.29, 1.82) is 0 Å². The average Bonchev–Trinajstić information content (AvgIpc) is 2.79. The van der Waals surface area contributed by atoms with Crippen LogP contribution in [-0.2, 0) is 0 Å². The van der Waals surface area contributed by atoms with Crippen LogP contribution in [0.4, 0.5) is 4.79 Å². The molecule has 2 N–H and O–H groups in total. The third-order valence-electron chi connectivity index (χ3n) is 3.99. The highest BCUT2D eigenvalue weighted by molar-refractivity contribution is 6.21. The highest BCUT2D eigenvalue weighted by Crippen LogP contribution is 2.25. The molecule has 0 saturated heterocycles. The zero-order valence-corrected chi connectivity index (χ0v) is 13.0. The summed E-state index contributed by atoms with van der Waals surface area (Å²) in [6.07, 6.45) is -1.21.